The number of nitrogens with zero attached hydrogens (tertiary/aromatic N) is 3. The number of aliphatic hydroxyl groups excluding tert-OH is 1. The van der Waals surface area contributed by atoms with Crippen LogP contribution in [-0.2, 0) is 11.3 Å². The van der Waals surface area contributed by atoms with Crippen LogP contribution < -0.4 is 5.56 Å². The lowest BCUT2D eigenvalue weighted by Crippen LogP contribution is -2.45. The third kappa shape index (κ3) is 2.77. The lowest BCUT2D eigenvalue weighted by atomic mass is 9.86. The minimum absolute atomic E-state index is 0.00492. The number of aromatic nitrogens is 1. The van der Waals surface area contributed by atoms with E-state index >= 15 is 0 Å². The molecule has 0 unspecified atom stereocenters. The summed E-state index contributed by atoms with van der Waals surface area (Å²) >= 11 is 0. The summed E-state index contributed by atoms with van der Waals surface area (Å²) in [4.78, 5) is 30.0. The van der Waals surface area contributed by atoms with E-state index in [9.17, 15) is 14.7 Å². The summed E-state index contributed by atoms with van der Waals surface area (Å²) < 4.78 is 1.87. The lowest BCUT2D eigenvalue weighted by Gasteiger charge is -2.35. The number of allylic oxidation sites excluding steroid dienone is 2. The average molecular weight is 371 g/mol. The Labute approximate surface area is 160 Å². The molecule has 2 aliphatic heterocycles. The Bertz CT molecular complexity index is 842. The molecule has 6 heteroatoms. The van der Waals surface area contributed by atoms with Gasteiger partial charge in [0, 0.05) is 50.5 Å². The minimum Gasteiger partial charge on any atom is -0.396 e. The monoisotopic (exact) mass is 371 g/mol. The second-order valence-corrected chi connectivity index (χ2v) is 8.35. The van der Waals surface area contributed by atoms with Crippen molar-refractivity contribution in [1.82, 2.24) is 14.4 Å². The number of hydrogen-bond acceptors (Lipinski definition) is 4. The normalized spacial score (nSPS) is 30.0. The van der Waals surface area contributed by atoms with Gasteiger partial charge in [-0.15, -0.1) is 0 Å². The van der Waals surface area contributed by atoms with Crippen molar-refractivity contribution in [3.05, 3.63) is 39.8 Å². The van der Waals surface area contributed by atoms with Crippen LogP contribution in [0.2, 0.25) is 0 Å². The Balaban J connectivity index is 1.81. The first-order valence-corrected chi connectivity index (χ1v) is 9.92. The number of hydrogen-bond donors (Lipinski definition) is 1. The van der Waals surface area contributed by atoms with Crippen LogP contribution >= 0.6 is 0 Å². The summed E-state index contributed by atoms with van der Waals surface area (Å²) in [6.07, 6.45) is 6.52. The van der Waals surface area contributed by atoms with Gasteiger partial charge in [-0.3, -0.25) is 14.5 Å². The molecule has 3 heterocycles. The summed E-state index contributed by atoms with van der Waals surface area (Å²) in [5, 5.41) is 10.0. The van der Waals surface area contributed by atoms with Crippen molar-refractivity contribution < 1.29 is 9.90 Å². The van der Waals surface area contributed by atoms with E-state index in [1.807, 2.05) is 23.7 Å². The third-order valence-corrected chi connectivity index (χ3v) is 6.71. The van der Waals surface area contributed by atoms with E-state index in [1.165, 1.54) is 6.42 Å². The molecule has 1 aromatic heterocycles. The highest BCUT2D eigenvalue weighted by molar-refractivity contribution is 5.80. The van der Waals surface area contributed by atoms with Crippen molar-refractivity contribution in [1.29, 1.82) is 0 Å². The summed E-state index contributed by atoms with van der Waals surface area (Å²) in [6.45, 7) is 0.487. The van der Waals surface area contributed by atoms with E-state index in [2.05, 4.69) is 11.0 Å². The van der Waals surface area contributed by atoms with Crippen LogP contribution in [-0.4, -0.2) is 59.2 Å². The van der Waals surface area contributed by atoms with Gasteiger partial charge >= 0.3 is 0 Å². The predicted molar refractivity (Wildman–Crippen MR) is 104 cm³/mol. The van der Waals surface area contributed by atoms with E-state index < -0.39 is 0 Å². The molecule has 0 aromatic carbocycles. The fourth-order valence-electron chi connectivity index (χ4n) is 5.30. The van der Waals surface area contributed by atoms with Crippen LogP contribution in [0.4, 0.5) is 0 Å². The van der Waals surface area contributed by atoms with Gasteiger partial charge in [0.2, 0.25) is 5.91 Å². The van der Waals surface area contributed by atoms with Gasteiger partial charge in [0.25, 0.3) is 5.56 Å². The van der Waals surface area contributed by atoms with Gasteiger partial charge in [0.15, 0.2) is 0 Å². The largest absolute Gasteiger partial charge is 0.396 e. The van der Waals surface area contributed by atoms with Gasteiger partial charge in [0.05, 0.1) is 12.0 Å². The van der Waals surface area contributed by atoms with Crippen LogP contribution in [0.25, 0.3) is 5.57 Å². The summed E-state index contributed by atoms with van der Waals surface area (Å²) in [7, 11) is 5.52. The zero-order valence-electron chi connectivity index (χ0n) is 16.4. The molecule has 0 radical (unpaired) electrons. The molecule has 2 bridgehead atoms. The SMILES string of the molecule is CN(C)C(=O)[C@@H]1[C@@H](CO)[C@@H]2Cn3c(ccc(C4=CCCCC4)c3=O)[C@H]1N2C. The predicted octanol–water partition coefficient (Wildman–Crippen LogP) is 1.49. The first-order chi connectivity index (χ1) is 13.0. The number of rotatable bonds is 3. The van der Waals surface area contributed by atoms with Gasteiger partial charge in [0.1, 0.15) is 0 Å². The van der Waals surface area contributed by atoms with E-state index in [1.54, 1.807) is 19.0 Å². The number of carbonyl (C=O) groups excluding carboxylic acids is 1. The fraction of sp³-hybridized carbons (Fsp3) is 0.619. The van der Waals surface area contributed by atoms with Crippen molar-refractivity contribution >= 4 is 11.5 Å². The quantitative estimate of drug-likeness (QED) is 0.874. The van der Waals surface area contributed by atoms with Crippen molar-refractivity contribution in [2.75, 3.05) is 27.7 Å². The number of amides is 1. The number of likely N-dealkylation sites (N-methyl/N-ethyl adjacent to an activating group) is 1. The third-order valence-electron chi connectivity index (χ3n) is 6.71. The van der Waals surface area contributed by atoms with Gasteiger partial charge in [-0.05, 0) is 50.4 Å². The van der Waals surface area contributed by atoms with Crippen LogP contribution in [0.1, 0.15) is 43.0 Å². The zero-order chi connectivity index (χ0) is 19.3. The van der Waals surface area contributed by atoms with Crippen LogP contribution in [0.5, 0.6) is 0 Å². The van der Waals surface area contributed by atoms with Gasteiger partial charge in [-0.1, -0.05) is 6.08 Å². The molecule has 1 fully saturated rings. The first-order valence-electron chi connectivity index (χ1n) is 9.92. The average Bonchev–Trinajstić information content (AvgIpc) is 2.84. The van der Waals surface area contributed by atoms with E-state index in [0.717, 1.165) is 36.1 Å². The number of carbonyl (C=O) groups is 1. The molecule has 4 rings (SSSR count). The van der Waals surface area contributed by atoms with Crippen LogP contribution in [0.15, 0.2) is 23.0 Å². The fourth-order valence-corrected chi connectivity index (χ4v) is 5.30. The molecule has 6 nitrogen and oxygen atoms in total. The molecular weight excluding hydrogens is 342 g/mol. The number of aliphatic hydroxyl groups is 1. The maximum atomic E-state index is 13.3. The van der Waals surface area contributed by atoms with E-state index in [4.69, 9.17) is 0 Å². The maximum absolute atomic E-state index is 13.3. The van der Waals surface area contributed by atoms with Crippen molar-refractivity contribution in [3.8, 4) is 0 Å². The molecule has 3 aliphatic rings. The summed E-state index contributed by atoms with van der Waals surface area (Å²) in [5.41, 5.74) is 2.92. The molecule has 0 spiro atoms. The molecule has 146 valence electrons. The molecule has 0 saturated carbocycles. The number of pyridine rings is 1. The van der Waals surface area contributed by atoms with E-state index in [0.29, 0.717) is 6.54 Å². The van der Waals surface area contributed by atoms with Crippen molar-refractivity contribution in [2.24, 2.45) is 11.8 Å². The van der Waals surface area contributed by atoms with Crippen molar-refractivity contribution in [3.63, 3.8) is 0 Å². The molecule has 1 aliphatic carbocycles. The Kier molecular flexibility index (Phi) is 4.72. The maximum Gasteiger partial charge on any atom is 0.258 e. The number of fused-ring (bicyclic) bond motifs is 4. The zero-order valence-corrected chi connectivity index (χ0v) is 16.4. The Morgan fingerprint density at radius 2 is 2.07 bits per heavy atom. The second kappa shape index (κ2) is 6.91. The lowest BCUT2D eigenvalue weighted by molar-refractivity contribution is -0.135. The summed E-state index contributed by atoms with van der Waals surface area (Å²) in [5.74, 6) is -0.465. The minimum atomic E-state index is -0.326. The smallest absolute Gasteiger partial charge is 0.258 e. The highest BCUT2D eigenvalue weighted by Gasteiger charge is 2.54. The molecule has 1 N–H and O–H groups in total. The van der Waals surface area contributed by atoms with Crippen LogP contribution in [0.3, 0.4) is 0 Å². The van der Waals surface area contributed by atoms with Crippen molar-refractivity contribution in [2.45, 2.75) is 44.3 Å². The molecule has 1 saturated heterocycles. The van der Waals surface area contributed by atoms with Crippen LogP contribution in [0, 0.1) is 11.8 Å². The molecule has 27 heavy (non-hydrogen) atoms. The molecule has 1 aromatic rings. The Morgan fingerprint density at radius 3 is 2.70 bits per heavy atom. The van der Waals surface area contributed by atoms with Gasteiger partial charge < -0.3 is 14.6 Å². The highest BCUT2D eigenvalue weighted by atomic mass is 16.3. The molecule has 4 atom stereocenters. The van der Waals surface area contributed by atoms with Gasteiger partial charge in [-0.2, -0.15) is 0 Å². The van der Waals surface area contributed by atoms with Gasteiger partial charge in [-0.25, -0.2) is 0 Å². The van der Waals surface area contributed by atoms with E-state index in [-0.39, 0.29) is 42.0 Å². The highest BCUT2D eigenvalue weighted by Crippen LogP contribution is 2.47. The standard InChI is InChI=1S/C21H29N3O3/c1-22(2)21(27)18-15(12-25)17-11-24-16(19(18)23(17)3)10-9-14(20(24)26)13-7-5-4-6-8-13/h7,9-10,15,17-19,25H,4-6,8,11-12H2,1-3H3/t15-,17-,18+,19+/m0/s1. The second-order valence-electron chi connectivity index (χ2n) is 8.35. The topological polar surface area (TPSA) is 65.8 Å². The first kappa shape index (κ1) is 18.4. The Hall–Kier alpha value is -1.92. The molecular formula is C21H29N3O3. The Morgan fingerprint density at radius 1 is 1.30 bits per heavy atom. The molecule has 1 amide bonds. The summed E-state index contributed by atoms with van der Waals surface area (Å²) in [6, 6.07) is 3.80.